The van der Waals surface area contributed by atoms with Crippen molar-refractivity contribution < 1.29 is 28.0 Å². The topological polar surface area (TPSA) is 154 Å². The van der Waals surface area contributed by atoms with Crippen LogP contribution in [0, 0.1) is 27.4 Å². The fraction of sp³-hybridized carbons (Fsp3) is 0.558. The number of aliphatic hydroxyl groups is 1. The molecule has 2 aliphatic heterocycles. The molecule has 2 heterocycles. The number of amides is 1. The van der Waals surface area contributed by atoms with Crippen molar-refractivity contribution in [3.63, 3.8) is 0 Å². The van der Waals surface area contributed by atoms with Crippen molar-refractivity contribution >= 4 is 48.9 Å². The summed E-state index contributed by atoms with van der Waals surface area (Å²) >= 11 is 3.51. The van der Waals surface area contributed by atoms with Crippen LogP contribution in [0.5, 0.6) is 0 Å². The molecule has 0 bridgehead atoms. The minimum atomic E-state index is -4.43. The van der Waals surface area contributed by atoms with E-state index >= 15 is 0 Å². The van der Waals surface area contributed by atoms with Gasteiger partial charge in [0.05, 0.1) is 40.2 Å². The van der Waals surface area contributed by atoms with E-state index in [-0.39, 0.29) is 33.5 Å². The molecule has 2 saturated carbocycles. The number of carbonyl (C=O) groups is 1. The van der Waals surface area contributed by atoms with Gasteiger partial charge in [-0.25, -0.2) is 13.1 Å². The van der Waals surface area contributed by atoms with Crippen LogP contribution in [0.15, 0.2) is 70.0 Å². The second-order valence-corrected chi connectivity index (χ2v) is 19.9. The number of benzene rings is 3. The number of hydrogen-bond acceptors (Lipinski definition) is 10. The van der Waals surface area contributed by atoms with Crippen LogP contribution < -0.4 is 14.9 Å². The number of sulfonamides is 1. The van der Waals surface area contributed by atoms with E-state index in [1.54, 1.807) is 6.07 Å². The molecule has 4 aliphatic rings. The van der Waals surface area contributed by atoms with E-state index in [1.165, 1.54) is 29.7 Å². The van der Waals surface area contributed by atoms with E-state index in [0.717, 1.165) is 70.3 Å². The van der Waals surface area contributed by atoms with Gasteiger partial charge in [0.1, 0.15) is 5.69 Å². The Hall–Kier alpha value is -3.56. The maximum Gasteiger partial charge on any atom is 0.293 e. The van der Waals surface area contributed by atoms with E-state index in [9.17, 15) is 28.4 Å². The number of ether oxygens (including phenoxy) is 1. The summed E-state index contributed by atoms with van der Waals surface area (Å²) in [6, 6.07) is 18.5. The summed E-state index contributed by atoms with van der Waals surface area (Å²) in [7, 11) is -4.43. The van der Waals surface area contributed by atoms with Gasteiger partial charge in [0.2, 0.25) is 0 Å². The summed E-state index contributed by atoms with van der Waals surface area (Å²) in [5.41, 5.74) is 3.29. The largest absolute Gasteiger partial charge is 0.390 e. The quantitative estimate of drug-likeness (QED) is 0.128. The summed E-state index contributed by atoms with van der Waals surface area (Å²) < 4.78 is 35.3. The zero-order valence-electron chi connectivity index (χ0n) is 33.4. The number of rotatable bonds is 11. The Balaban J connectivity index is 0.956. The molecule has 7 rings (SSSR count). The molecule has 14 heteroatoms. The number of nitrogens with one attached hydrogen (secondary N) is 2. The zero-order valence-corrected chi connectivity index (χ0v) is 35.8. The van der Waals surface area contributed by atoms with Gasteiger partial charge in [-0.05, 0) is 132 Å². The number of carbonyl (C=O) groups excluding carboxylic acids is 1. The fourth-order valence-electron chi connectivity index (χ4n) is 9.78. The van der Waals surface area contributed by atoms with Crippen LogP contribution in [0.2, 0.25) is 0 Å². The summed E-state index contributed by atoms with van der Waals surface area (Å²) in [5, 5.41) is 25.3. The highest BCUT2D eigenvalue weighted by Gasteiger charge is 2.55. The number of nitro benzene ring substituents is 1. The molecule has 0 aromatic heterocycles. The van der Waals surface area contributed by atoms with Gasteiger partial charge in [-0.3, -0.25) is 19.8 Å². The standard InChI is InChI=1S/C43H56BrN5O7S/c1-28(2)33-7-5-6-8-34(33)40-27-56-22-21-48(40)39-25-43(29(39)3)17-19-47(20-18-43)31-9-11-35(36(44)23-31)41(50)46-57(54,55)32-10-12-37(38(24-32)49(52)53)45-26-30-13-15-42(4,51)16-14-30/h5-12,23-24,28-30,39-40,45,51H,13-22,25-27H2,1-4H3,(H,46,50)/t29-,30-,39-,40-,42-/m0/s1. The van der Waals surface area contributed by atoms with Crippen LogP contribution in [-0.4, -0.2) is 80.3 Å². The van der Waals surface area contributed by atoms with Crippen LogP contribution >= 0.6 is 15.9 Å². The van der Waals surface area contributed by atoms with Gasteiger partial charge in [0, 0.05) is 48.4 Å². The van der Waals surface area contributed by atoms with Crippen LogP contribution in [0.3, 0.4) is 0 Å². The molecular formula is C43H56BrN5O7S. The predicted molar refractivity (Wildman–Crippen MR) is 225 cm³/mol. The molecule has 308 valence electrons. The summed E-state index contributed by atoms with van der Waals surface area (Å²) in [6.07, 6.45) is 6.20. The zero-order chi connectivity index (χ0) is 40.7. The number of piperidine rings is 1. The highest BCUT2D eigenvalue weighted by atomic mass is 79.9. The average Bonchev–Trinajstić information content (AvgIpc) is 3.19. The lowest BCUT2D eigenvalue weighted by atomic mass is 9.53. The first-order chi connectivity index (χ1) is 27.1. The molecular weight excluding hydrogens is 810 g/mol. The lowest BCUT2D eigenvalue weighted by molar-refractivity contribution is -0.384. The number of hydrogen-bond donors (Lipinski definition) is 3. The molecule has 4 fully saturated rings. The predicted octanol–water partition coefficient (Wildman–Crippen LogP) is 8.02. The van der Waals surface area contributed by atoms with Crippen molar-refractivity contribution in [2.75, 3.05) is 49.6 Å². The average molecular weight is 867 g/mol. The molecule has 3 aromatic carbocycles. The molecule has 1 amide bonds. The van der Waals surface area contributed by atoms with E-state index in [2.05, 4.69) is 80.8 Å². The minimum absolute atomic E-state index is 0.143. The first kappa shape index (κ1) is 41.6. The number of halogens is 1. The Morgan fingerprint density at radius 3 is 2.44 bits per heavy atom. The summed E-state index contributed by atoms with van der Waals surface area (Å²) in [5.74, 6) is 0.403. The van der Waals surface area contributed by atoms with Crippen molar-refractivity contribution in [1.29, 1.82) is 0 Å². The second-order valence-electron chi connectivity index (χ2n) is 17.4. The molecule has 1 spiro atoms. The second kappa shape index (κ2) is 16.6. The van der Waals surface area contributed by atoms with E-state index in [4.69, 9.17) is 4.74 Å². The molecule has 2 saturated heterocycles. The number of anilines is 2. The smallest absolute Gasteiger partial charge is 0.293 e. The lowest BCUT2D eigenvalue weighted by Crippen LogP contribution is -2.63. The summed E-state index contributed by atoms with van der Waals surface area (Å²) in [6.45, 7) is 13.4. The SMILES string of the molecule is CC(C)c1ccccc1[C@@H]1COCCN1[C@H]1CC2(CCN(c3ccc(C(=O)NS(=O)(=O)c4ccc(NC[C@H]5CC[C@](C)(O)CC5)c([N+](=O)[O-])c4)c(Br)c3)CC2)[C@H]1C. The highest BCUT2D eigenvalue weighted by molar-refractivity contribution is 9.10. The Bertz CT molecular complexity index is 2080. The monoisotopic (exact) mass is 865 g/mol. The molecule has 0 radical (unpaired) electrons. The van der Waals surface area contributed by atoms with E-state index in [1.807, 2.05) is 19.1 Å². The third kappa shape index (κ3) is 8.76. The number of morpholine rings is 1. The van der Waals surface area contributed by atoms with Crippen molar-refractivity contribution in [1.82, 2.24) is 9.62 Å². The molecule has 57 heavy (non-hydrogen) atoms. The first-order valence-electron chi connectivity index (χ1n) is 20.4. The van der Waals surface area contributed by atoms with Crippen LogP contribution in [0.1, 0.15) is 106 Å². The van der Waals surface area contributed by atoms with Gasteiger partial charge >= 0.3 is 0 Å². The minimum Gasteiger partial charge on any atom is -0.390 e. The lowest BCUT2D eigenvalue weighted by Gasteiger charge is -2.62. The molecule has 0 unspecified atom stereocenters. The summed E-state index contributed by atoms with van der Waals surface area (Å²) in [4.78, 5) is 29.3. The molecule has 3 N–H and O–H groups in total. The highest BCUT2D eigenvalue weighted by Crippen LogP contribution is 2.57. The maximum absolute atomic E-state index is 13.3. The fourth-order valence-corrected chi connectivity index (χ4v) is 11.3. The van der Waals surface area contributed by atoms with E-state index < -0.39 is 32.1 Å². The van der Waals surface area contributed by atoms with Gasteiger partial charge in [-0.2, -0.15) is 0 Å². The van der Waals surface area contributed by atoms with Gasteiger partial charge in [0.15, 0.2) is 0 Å². The van der Waals surface area contributed by atoms with Crippen LogP contribution in [0.4, 0.5) is 17.1 Å². The van der Waals surface area contributed by atoms with Gasteiger partial charge in [-0.1, -0.05) is 45.0 Å². The number of nitrogens with zero attached hydrogens (tertiary/aromatic N) is 3. The third-order valence-corrected chi connectivity index (χ3v) is 15.5. The first-order valence-corrected chi connectivity index (χ1v) is 22.6. The Kier molecular flexibility index (Phi) is 12.1. The van der Waals surface area contributed by atoms with Crippen molar-refractivity contribution in [2.45, 2.75) is 101 Å². The Morgan fingerprint density at radius 1 is 1.05 bits per heavy atom. The van der Waals surface area contributed by atoms with Crippen molar-refractivity contribution in [2.24, 2.45) is 17.3 Å². The van der Waals surface area contributed by atoms with Crippen LogP contribution in [-0.2, 0) is 14.8 Å². The maximum atomic E-state index is 13.3. The van der Waals surface area contributed by atoms with Gasteiger partial charge in [-0.15, -0.1) is 0 Å². The van der Waals surface area contributed by atoms with Crippen molar-refractivity contribution in [3.05, 3.63) is 91.9 Å². The Labute approximate surface area is 345 Å². The molecule has 3 atom stereocenters. The Morgan fingerprint density at radius 2 is 1.77 bits per heavy atom. The van der Waals surface area contributed by atoms with Crippen molar-refractivity contribution in [3.8, 4) is 0 Å². The van der Waals surface area contributed by atoms with Crippen LogP contribution in [0.25, 0.3) is 0 Å². The normalized spacial score (nSPS) is 26.5. The molecule has 2 aliphatic carbocycles. The molecule has 12 nitrogen and oxygen atoms in total. The van der Waals surface area contributed by atoms with Gasteiger partial charge < -0.3 is 20.1 Å². The van der Waals surface area contributed by atoms with Gasteiger partial charge in [0.25, 0.3) is 21.6 Å². The third-order valence-electron chi connectivity index (χ3n) is 13.5. The molecule has 3 aromatic rings. The van der Waals surface area contributed by atoms with E-state index in [0.29, 0.717) is 41.7 Å². The number of nitro groups is 1.